The first-order chi connectivity index (χ1) is 16.6. The summed E-state index contributed by atoms with van der Waals surface area (Å²) in [6, 6.07) is 9.74. The molecule has 9 heteroatoms. The van der Waals surface area contributed by atoms with Crippen LogP contribution in [0.15, 0.2) is 48.9 Å². The summed E-state index contributed by atoms with van der Waals surface area (Å²) in [4.78, 5) is 28.3. The number of rotatable bonds is 9. The number of nitrogen functional groups attached to an aromatic ring is 1. The quantitative estimate of drug-likeness (QED) is 0.406. The van der Waals surface area contributed by atoms with Gasteiger partial charge in [0.05, 0.1) is 37.8 Å². The van der Waals surface area contributed by atoms with Crippen LogP contribution >= 0.6 is 0 Å². The number of Topliss-reactive ketones (excluding diaryl/α,β-unsaturated/α-hetero) is 1. The van der Waals surface area contributed by atoms with Crippen LogP contribution in [0.25, 0.3) is 11.3 Å². The first-order valence-corrected chi connectivity index (χ1v) is 11.4. The Morgan fingerprint density at radius 3 is 2.85 bits per heavy atom. The van der Waals surface area contributed by atoms with E-state index in [1.54, 1.807) is 18.6 Å². The maximum atomic E-state index is 13.3. The molecule has 9 nitrogen and oxygen atoms in total. The second kappa shape index (κ2) is 11.1. The minimum Gasteiger partial charge on any atom is -0.394 e. The molecule has 2 aromatic heterocycles. The molecule has 4 rings (SSSR count). The second-order valence-corrected chi connectivity index (χ2v) is 8.25. The smallest absolute Gasteiger partial charge is 0.189 e. The number of ether oxygens (including phenoxy) is 1. The molecule has 0 saturated carbocycles. The molecule has 0 radical (unpaired) electrons. The molecule has 0 bridgehead atoms. The summed E-state index contributed by atoms with van der Waals surface area (Å²) >= 11 is 0. The van der Waals surface area contributed by atoms with E-state index in [0.29, 0.717) is 25.5 Å². The summed E-state index contributed by atoms with van der Waals surface area (Å²) in [5.74, 6) is -0.134. The molecule has 1 aromatic carbocycles. The maximum Gasteiger partial charge on any atom is 0.189 e. The summed E-state index contributed by atoms with van der Waals surface area (Å²) in [6.45, 7) is 2.47. The topological polar surface area (TPSA) is 126 Å². The van der Waals surface area contributed by atoms with Crippen molar-refractivity contribution in [3.05, 3.63) is 65.7 Å². The lowest BCUT2D eigenvalue weighted by atomic mass is 10.0. The zero-order valence-electron chi connectivity index (χ0n) is 19.3. The van der Waals surface area contributed by atoms with Gasteiger partial charge in [0.15, 0.2) is 11.6 Å². The average molecular weight is 463 g/mol. The molecule has 3 aromatic rings. The zero-order chi connectivity index (χ0) is 23.9. The van der Waals surface area contributed by atoms with E-state index in [2.05, 4.69) is 25.2 Å². The highest BCUT2D eigenvalue weighted by atomic mass is 16.5. The van der Waals surface area contributed by atoms with Crippen LogP contribution in [0.2, 0.25) is 0 Å². The Morgan fingerprint density at radius 1 is 1.26 bits per heavy atom. The Labute approximate surface area is 199 Å². The minimum absolute atomic E-state index is 0.0378. The van der Waals surface area contributed by atoms with Gasteiger partial charge >= 0.3 is 0 Å². The van der Waals surface area contributed by atoms with Gasteiger partial charge in [0.1, 0.15) is 5.69 Å². The number of anilines is 2. The molecule has 0 spiro atoms. The van der Waals surface area contributed by atoms with Crippen LogP contribution in [-0.2, 0) is 17.6 Å². The van der Waals surface area contributed by atoms with Crippen LogP contribution in [0.5, 0.6) is 0 Å². The fraction of sp³-hybridized carbons (Fsp3) is 0.360. The third-order valence-electron chi connectivity index (χ3n) is 5.95. The lowest BCUT2D eigenvalue weighted by Gasteiger charge is -2.37. The van der Waals surface area contributed by atoms with E-state index >= 15 is 0 Å². The molecule has 178 valence electrons. The van der Waals surface area contributed by atoms with Crippen LogP contribution in [0.1, 0.15) is 21.6 Å². The number of aliphatic hydroxyl groups is 1. The summed E-state index contributed by atoms with van der Waals surface area (Å²) in [6.07, 6.45) is 5.95. The Bertz CT molecular complexity index is 1120. The molecule has 34 heavy (non-hydrogen) atoms. The van der Waals surface area contributed by atoms with Gasteiger partial charge < -0.3 is 25.8 Å². The number of nitrogens with one attached hydrogen (secondary N) is 1. The monoisotopic (exact) mass is 462 g/mol. The van der Waals surface area contributed by atoms with E-state index in [4.69, 9.17) is 10.5 Å². The predicted octanol–water partition coefficient (Wildman–Crippen LogP) is 1.51. The largest absolute Gasteiger partial charge is 0.394 e. The van der Waals surface area contributed by atoms with E-state index in [1.165, 1.54) is 5.56 Å². The van der Waals surface area contributed by atoms with E-state index < -0.39 is 0 Å². The molecule has 1 fully saturated rings. The third kappa shape index (κ3) is 5.39. The van der Waals surface area contributed by atoms with Crippen LogP contribution in [0, 0.1) is 0 Å². The minimum atomic E-state index is -0.236. The molecule has 1 unspecified atom stereocenters. The number of pyridine rings is 1. The second-order valence-electron chi connectivity index (χ2n) is 8.25. The average Bonchev–Trinajstić information content (AvgIpc) is 2.88. The van der Waals surface area contributed by atoms with Crippen LogP contribution in [-0.4, -0.2) is 71.8 Å². The SMILES string of the molecule is CNCCc1ccc(-c2cnc(N)c(C(=O)Cc3cnccc3N3CCOCC3CO)n2)cc1. The molecule has 1 aliphatic rings. The highest BCUT2D eigenvalue weighted by molar-refractivity contribution is 6.00. The number of likely N-dealkylation sites (N-methyl/N-ethyl adjacent to an activating group) is 1. The third-order valence-corrected chi connectivity index (χ3v) is 5.95. The number of morpholine rings is 1. The van der Waals surface area contributed by atoms with Crippen molar-refractivity contribution in [3.63, 3.8) is 0 Å². The molecular weight excluding hydrogens is 432 g/mol. The van der Waals surface area contributed by atoms with Gasteiger partial charge in [0, 0.05) is 42.2 Å². The van der Waals surface area contributed by atoms with Crippen molar-refractivity contribution in [1.29, 1.82) is 0 Å². The predicted molar refractivity (Wildman–Crippen MR) is 131 cm³/mol. The summed E-state index contributed by atoms with van der Waals surface area (Å²) in [5, 5.41) is 12.9. The highest BCUT2D eigenvalue weighted by Crippen LogP contribution is 2.26. The van der Waals surface area contributed by atoms with Crippen molar-refractivity contribution < 1.29 is 14.6 Å². The number of hydrogen-bond acceptors (Lipinski definition) is 9. The van der Waals surface area contributed by atoms with Crippen LogP contribution in [0.4, 0.5) is 11.5 Å². The highest BCUT2D eigenvalue weighted by Gasteiger charge is 2.26. The number of aromatic nitrogens is 3. The fourth-order valence-corrected chi connectivity index (χ4v) is 4.07. The van der Waals surface area contributed by atoms with Gasteiger partial charge in [-0.15, -0.1) is 0 Å². The van der Waals surface area contributed by atoms with Gasteiger partial charge in [0.2, 0.25) is 0 Å². The van der Waals surface area contributed by atoms with Gasteiger partial charge in [-0.3, -0.25) is 9.78 Å². The number of hydrogen-bond donors (Lipinski definition) is 3. The van der Waals surface area contributed by atoms with E-state index in [0.717, 1.165) is 29.8 Å². The Balaban J connectivity index is 1.56. The molecule has 0 aliphatic carbocycles. The summed E-state index contributed by atoms with van der Waals surface area (Å²) < 4.78 is 5.49. The van der Waals surface area contributed by atoms with E-state index in [-0.39, 0.29) is 36.4 Å². The zero-order valence-corrected chi connectivity index (χ0v) is 19.3. The maximum absolute atomic E-state index is 13.3. The lowest BCUT2D eigenvalue weighted by Crippen LogP contribution is -2.48. The fourth-order valence-electron chi connectivity index (χ4n) is 4.07. The Kier molecular flexibility index (Phi) is 7.79. The van der Waals surface area contributed by atoms with Crippen molar-refractivity contribution in [2.24, 2.45) is 0 Å². The van der Waals surface area contributed by atoms with Gasteiger partial charge in [-0.2, -0.15) is 0 Å². The summed E-state index contributed by atoms with van der Waals surface area (Å²) in [5.41, 5.74) is 10.5. The molecular formula is C25H30N6O3. The number of nitrogens with two attached hydrogens (primary N) is 1. The Morgan fingerprint density at radius 2 is 2.09 bits per heavy atom. The Hall–Kier alpha value is -3.40. The van der Waals surface area contributed by atoms with Crippen molar-refractivity contribution >= 4 is 17.3 Å². The molecule has 4 N–H and O–H groups in total. The number of carbonyl (C=O) groups excluding carboxylic acids is 1. The lowest BCUT2D eigenvalue weighted by molar-refractivity contribution is 0.0726. The standard InChI is InChI=1S/C25H30N6O3/c1-27-8-6-17-2-4-18(5-3-17)21-14-29-25(26)24(30-21)23(33)12-19-13-28-9-7-22(19)31-10-11-34-16-20(31)15-32/h2-5,7,9,13-14,20,27,32H,6,8,10-12,15-16H2,1H3,(H2,26,29). The van der Waals surface area contributed by atoms with Gasteiger partial charge in [-0.1, -0.05) is 24.3 Å². The summed E-state index contributed by atoms with van der Waals surface area (Å²) in [7, 11) is 1.93. The molecule has 0 amide bonds. The number of ketones is 1. The van der Waals surface area contributed by atoms with E-state index in [9.17, 15) is 9.90 Å². The molecule has 1 atom stereocenters. The number of carbonyl (C=O) groups is 1. The number of benzene rings is 1. The van der Waals surface area contributed by atoms with Crippen molar-refractivity contribution in [2.45, 2.75) is 18.9 Å². The molecule has 1 saturated heterocycles. The molecule has 3 heterocycles. The van der Waals surface area contributed by atoms with Crippen molar-refractivity contribution in [2.75, 3.05) is 50.6 Å². The van der Waals surface area contributed by atoms with Crippen molar-refractivity contribution in [3.8, 4) is 11.3 Å². The number of nitrogens with zero attached hydrogens (tertiary/aromatic N) is 4. The van der Waals surface area contributed by atoms with Gasteiger partial charge in [-0.05, 0) is 31.6 Å². The van der Waals surface area contributed by atoms with Gasteiger partial charge in [-0.25, -0.2) is 9.97 Å². The number of aliphatic hydroxyl groups excluding tert-OH is 1. The van der Waals surface area contributed by atoms with E-state index in [1.807, 2.05) is 37.4 Å². The first-order valence-electron chi connectivity index (χ1n) is 11.4. The van der Waals surface area contributed by atoms with Gasteiger partial charge in [0.25, 0.3) is 0 Å². The molecule has 1 aliphatic heterocycles. The normalized spacial score (nSPS) is 15.9. The van der Waals surface area contributed by atoms with Crippen LogP contribution in [0.3, 0.4) is 0 Å². The van der Waals surface area contributed by atoms with Crippen molar-refractivity contribution in [1.82, 2.24) is 20.3 Å². The first kappa shape index (κ1) is 23.7. The van der Waals surface area contributed by atoms with Crippen LogP contribution < -0.4 is 16.0 Å².